The van der Waals surface area contributed by atoms with Gasteiger partial charge in [-0.2, -0.15) is 0 Å². The van der Waals surface area contributed by atoms with E-state index in [1.807, 2.05) is 20.8 Å². The van der Waals surface area contributed by atoms with Crippen LogP contribution in [0.5, 0.6) is 0 Å². The van der Waals surface area contributed by atoms with Crippen LogP contribution in [-0.2, 0) is 9.84 Å². The van der Waals surface area contributed by atoms with Gasteiger partial charge in [0.1, 0.15) is 0 Å². The van der Waals surface area contributed by atoms with Crippen molar-refractivity contribution in [1.82, 2.24) is 0 Å². The lowest BCUT2D eigenvalue weighted by Gasteiger charge is -2.07. The molecule has 0 aliphatic heterocycles. The summed E-state index contributed by atoms with van der Waals surface area (Å²) in [6.45, 7) is 5.85. The molecule has 2 nitrogen and oxygen atoms in total. The van der Waals surface area contributed by atoms with E-state index in [9.17, 15) is 8.42 Å². The van der Waals surface area contributed by atoms with E-state index in [1.165, 1.54) is 6.26 Å². The Bertz CT molecular complexity index is 407. The minimum atomic E-state index is -3.06. The van der Waals surface area contributed by atoms with Crippen LogP contribution in [0.4, 0.5) is 0 Å². The van der Waals surface area contributed by atoms with Crippen molar-refractivity contribution in [1.29, 1.82) is 0 Å². The second-order valence-electron chi connectivity index (χ2n) is 3.45. The van der Waals surface area contributed by atoms with E-state index >= 15 is 0 Å². The van der Waals surface area contributed by atoms with Gasteiger partial charge in [-0.1, -0.05) is 0 Å². The number of hydrogen-bond donors (Lipinski definition) is 0. The van der Waals surface area contributed by atoms with Gasteiger partial charge in [-0.15, -0.1) is 0 Å². The molecule has 0 atom stereocenters. The summed E-state index contributed by atoms with van der Waals surface area (Å²) in [4.78, 5) is 0.410. The maximum Gasteiger partial charge on any atom is 0.175 e. The quantitative estimate of drug-likeness (QED) is 0.691. The molecule has 0 aliphatic carbocycles. The summed E-state index contributed by atoms with van der Waals surface area (Å²) in [6.07, 6.45) is 1.23. The van der Waals surface area contributed by atoms with Crippen LogP contribution in [0.3, 0.4) is 0 Å². The molecule has 1 aromatic rings. The van der Waals surface area contributed by atoms with Crippen LogP contribution >= 0.6 is 0 Å². The molecule has 1 aromatic carbocycles. The van der Waals surface area contributed by atoms with Gasteiger partial charge in [0.05, 0.1) is 4.90 Å². The molecular weight excluding hydrogens is 184 g/mol. The fourth-order valence-corrected chi connectivity index (χ4v) is 1.99. The average Bonchev–Trinajstić information content (AvgIpc) is 1.97. The molecule has 0 N–H and O–H groups in total. The molecule has 0 saturated heterocycles. The van der Waals surface area contributed by atoms with E-state index in [1.54, 1.807) is 12.1 Å². The zero-order valence-corrected chi connectivity index (χ0v) is 9.20. The number of rotatable bonds is 1. The number of aryl methyl sites for hydroxylation is 2. The molecule has 0 fully saturated rings. The zero-order chi connectivity index (χ0) is 10.2. The Morgan fingerprint density at radius 2 is 1.38 bits per heavy atom. The molecular formula is C10H14O2S. The molecule has 0 radical (unpaired) electrons. The van der Waals surface area contributed by atoms with Crippen molar-refractivity contribution in [2.75, 3.05) is 6.26 Å². The predicted octanol–water partition coefficient (Wildman–Crippen LogP) is 2.02. The normalized spacial score (nSPS) is 11.7. The molecule has 0 aliphatic rings. The van der Waals surface area contributed by atoms with Crippen molar-refractivity contribution in [3.8, 4) is 0 Å². The van der Waals surface area contributed by atoms with E-state index in [0.717, 1.165) is 16.7 Å². The third-order valence-corrected chi connectivity index (χ3v) is 3.42. The third-order valence-electron chi connectivity index (χ3n) is 2.33. The molecule has 3 heteroatoms. The standard InChI is InChI=1S/C10H14O2S/c1-7-5-10(13(4,11)12)6-8(2)9(7)3/h5-6H,1-4H3. The number of sulfone groups is 1. The Labute approximate surface area is 79.5 Å². The highest BCUT2D eigenvalue weighted by molar-refractivity contribution is 7.90. The van der Waals surface area contributed by atoms with Gasteiger partial charge in [0.2, 0.25) is 0 Å². The highest BCUT2D eigenvalue weighted by Crippen LogP contribution is 2.18. The van der Waals surface area contributed by atoms with Crippen molar-refractivity contribution in [2.45, 2.75) is 25.7 Å². The minimum Gasteiger partial charge on any atom is -0.224 e. The summed E-state index contributed by atoms with van der Waals surface area (Å²) in [5, 5.41) is 0. The van der Waals surface area contributed by atoms with E-state index < -0.39 is 9.84 Å². The molecule has 0 bridgehead atoms. The molecule has 0 spiro atoms. The fourth-order valence-electron chi connectivity index (χ4n) is 1.21. The lowest BCUT2D eigenvalue weighted by Crippen LogP contribution is -1.99. The number of benzene rings is 1. The first-order chi connectivity index (χ1) is 5.82. The Morgan fingerprint density at radius 3 is 1.69 bits per heavy atom. The van der Waals surface area contributed by atoms with Gasteiger partial charge < -0.3 is 0 Å². The van der Waals surface area contributed by atoms with Gasteiger partial charge in [-0.05, 0) is 49.6 Å². The van der Waals surface area contributed by atoms with Crippen molar-refractivity contribution >= 4 is 9.84 Å². The van der Waals surface area contributed by atoms with Crippen LogP contribution in [0.1, 0.15) is 16.7 Å². The van der Waals surface area contributed by atoms with Crippen LogP contribution in [-0.4, -0.2) is 14.7 Å². The van der Waals surface area contributed by atoms with Gasteiger partial charge in [-0.3, -0.25) is 0 Å². The van der Waals surface area contributed by atoms with Crippen LogP contribution in [0.15, 0.2) is 17.0 Å². The molecule has 0 amide bonds. The largest absolute Gasteiger partial charge is 0.224 e. The van der Waals surface area contributed by atoms with E-state index in [4.69, 9.17) is 0 Å². The zero-order valence-electron chi connectivity index (χ0n) is 8.38. The first-order valence-electron chi connectivity index (χ1n) is 4.10. The Balaban J connectivity index is 3.47. The summed E-state index contributed by atoms with van der Waals surface area (Å²) in [5.41, 5.74) is 3.22. The van der Waals surface area contributed by atoms with Gasteiger partial charge in [-0.25, -0.2) is 8.42 Å². The monoisotopic (exact) mass is 198 g/mol. The van der Waals surface area contributed by atoms with Crippen molar-refractivity contribution in [3.63, 3.8) is 0 Å². The molecule has 13 heavy (non-hydrogen) atoms. The smallest absolute Gasteiger partial charge is 0.175 e. The first kappa shape index (κ1) is 10.3. The Kier molecular flexibility index (Phi) is 2.48. The first-order valence-corrected chi connectivity index (χ1v) is 5.99. The van der Waals surface area contributed by atoms with Crippen LogP contribution in [0, 0.1) is 20.8 Å². The van der Waals surface area contributed by atoms with Gasteiger partial charge >= 0.3 is 0 Å². The highest BCUT2D eigenvalue weighted by atomic mass is 32.2. The SMILES string of the molecule is Cc1cc(S(C)(=O)=O)cc(C)c1C. The highest BCUT2D eigenvalue weighted by Gasteiger charge is 2.09. The van der Waals surface area contributed by atoms with Crippen molar-refractivity contribution in [2.24, 2.45) is 0 Å². The van der Waals surface area contributed by atoms with Gasteiger partial charge in [0.25, 0.3) is 0 Å². The maximum absolute atomic E-state index is 11.2. The summed E-state index contributed by atoms with van der Waals surface area (Å²) in [7, 11) is -3.06. The van der Waals surface area contributed by atoms with Gasteiger partial charge in [0.15, 0.2) is 9.84 Å². The number of hydrogen-bond acceptors (Lipinski definition) is 2. The summed E-state index contributed by atoms with van der Waals surface area (Å²) in [6, 6.07) is 3.44. The summed E-state index contributed by atoms with van der Waals surface area (Å²) in [5.74, 6) is 0. The lowest BCUT2D eigenvalue weighted by molar-refractivity contribution is 0.601. The minimum absolute atomic E-state index is 0.410. The fraction of sp³-hybridized carbons (Fsp3) is 0.400. The predicted molar refractivity (Wildman–Crippen MR) is 53.8 cm³/mol. The van der Waals surface area contributed by atoms with E-state index in [2.05, 4.69) is 0 Å². The van der Waals surface area contributed by atoms with E-state index in [-0.39, 0.29) is 0 Å². The summed E-state index contributed by atoms with van der Waals surface area (Å²) < 4.78 is 22.5. The van der Waals surface area contributed by atoms with E-state index in [0.29, 0.717) is 4.90 Å². The summed E-state index contributed by atoms with van der Waals surface area (Å²) >= 11 is 0. The van der Waals surface area contributed by atoms with Crippen molar-refractivity contribution < 1.29 is 8.42 Å². The molecule has 0 heterocycles. The topological polar surface area (TPSA) is 34.1 Å². The second kappa shape index (κ2) is 3.14. The second-order valence-corrected chi connectivity index (χ2v) is 5.47. The molecule has 0 unspecified atom stereocenters. The van der Waals surface area contributed by atoms with Crippen molar-refractivity contribution in [3.05, 3.63) is 28.8 Å². The molecule has 1 rings (SSSR count). The van der Waals surface area contributed by atoms with Crippen LogP contribution in [0.2, 0.25) is 0 Å². The van der Waals surface area contributed by atoms with Crippen LogP contribution in [0.25, 0.3) is 0 Å². The molecule has 0 saturated carbocycles. The van der Waals surface area contributed by atoms with Crippen LogP contribution < -0.4 is 0 Å². The molecule has 0 aromatic heterocycles. The Hall–Kier alpha value is -0.830. The lowest BCUT2D eigenvalue weighted by atomic mass is 10.1. The average molecular weight is 198 g/mol. The maximum atomic E-state index is 11.2. The third kappa shape index (κ3) is 2.10. The van der Waals surface area contributed by atoms with Gasteiger partial charge in [0, 0.05) is 6.26 Å². The molecule has 72 valence electrons. The Morgan fingerprint density at radius 1 is 1.00 bits per heavy atom.